The molecule has 0 radical (unpaired) electrons. The van der Waals surface area contributed by atoms with E-state index in [0.29, 0.717) is 5.92 Å². The zero-order valence-electron chi connectivity index (χ0n) is 12.4. The smallest absolute Gasteiger partial charge is 0.164 e. The molecule has 0 aliphatic heterocycles. The van der Waals surface area contributed by atoms with Crippen molar-refractivity contribution in [2.45, 2.75) is 32.1 Å². The van der Waals surface area contributed by atoms with Gasteiger partial charge in [0.1, 0.15) is 11.3 Å². The minimum Gasteiger partial charge on any atom is -0.279 e. The van der Waals surface area contributed by atoms with Crippen LogP contribution in [-0.4, -0.2) is 14.5 Å². The van der Waals surface area contributed by atoms with Crippen molar-refractivity contribution >= 4 is 22.8 Å². The predicted octanol–water partition coefficient (Wildman–Crippen LogP) is 4.84. The number of hydrogen-bond acceptors (Lipinski definition) is 2. The molecule has 108 valence electrons. The Balaban J connectivity index is 2.28. The fourth-order valence-electron chi connectivity index (χ4n) is 2.47. The molecule has 2 heterocycles. The van der Waals surface area contributed by atoms with Crippen LogP contribution >= 0.6 is 11.6 Å². The van der Waals surface area contributed by atoms with Gasteiger partial charge in [0, 0.05) is 11.9 Å². The Labute approximate surface area is 129 Å². The molecule has 2 aromatic heterocycles. The third kappa shape index (κ3) is 2.54. The summed E-state index contributed by atoms with van der Waals surface area (Å²) in [5.41, 5.74) is 4.07. The van der Waals surface area contributed by atoms with Gasteiger partial charge in [0.2, 0.25) is 0 Å². The van der Waals surface area contributed by atoms with Gasteiger partial charge in [-0.25, -0.2) is 9.97 Å². The van der Waals surface area contributed by atoms with Crippen LogP contribution in [0.5, 0.6) is 0 Å². The van der Waals surface area contributed by atoms with E-state index in [1.165, 1.54) is 5.56 Å². The largest absolute Gasteiger partial charge is 0.279 e. The van der Waals surface area contributed by atoms with Gasteiger partial charge < -0.3 is 0 Å². The molecule has 1 atom stereocenters. The lowest BCUT2D eigenvalue weighted by molar-refractivity contribution is 0.850. The van der Waals surface area contributed by atoms with Crippen molar-refractivity contribution in [1.29, 1.82) is 0 Å². The normalized spacial score (nSPS) is 13.0. The fraction of sp³-hybridized carbons (Fsp3) is 0.294. The van der Waals surface area contributed by atoms with Crippen molar-refractivity contribution in [2.75, 3.05) is 0 Å². The highest BCUT2D eigenvalue weighted by Gasteiger charge is 2.17. The van der Waals surface area contributed by atoms with Crippen LogP contribution in [0.1, 0.15) is 43.5 Å². The molecule has 0 saturated heterocycles. The van der Waals surface area contributed by atoms with Gasteiger partial charge in [-0.2, -0.15) is 0 Å². The van der Waals surface area contributed by atoms with Gasteiger partial charge in [-0.15, -0.1) is 11.6 Å². The van der Waals surface area contributed by atoms with E-state index >= 15 is 0 Å². The number of alkyl halides is 1. The number of imidazole rings is 1. The maximum atomic E-state index is 6.32. The summed E-state index contributed by atoms with van der Waals surface area (Å²) < 4.78 is 2.05. The molecular weight excluding hydrogens is 282 g/mol. The van der Waals surface area contributed by atoms with Crippen LogP contribution in [0.15, 0.2) is 42.6 Å². The van der Waals surface area contributed by atoms with Crippen molar-refractivity contribution in [3.05, 3.63) is 54.0 Å². The standard InChI is InChI=1S/C17H18ClN3/c1-11(2)13-6-4-7-14(10-13)21-16(12(3)18)20-15-8-5-9-19-17(15)21/h4-12H,1-3H3. The average Bonchev–Trinajstić information content (AvgIpc) is 2.87. The topological polar surface area (TPSA) is 30.7 Å². The lowest BCUT2D eigenvalue weighted by Crippen LogP contribution is -2.03. The average molecular weight is 300 g/mol. The van der Waals surface area contributed by atoms with Crippen molar-refractivity contribution < 1.29 is 0 Å². The molecule has 0 spiro atoms. The first-order valence-corrected chi connectivity index (χ1v) is 7.59. The Bertz CT molecular complexity index is 775. The van der Waals surface area contributed by atoms with E-state index in [0.717, 1.165) is 22.7 Å². The highest BCUT2D eigenvalue weighted by Crippen LogP contribution is 2.28. The van der Waals surface area contributed by atoms with E-state index in [1.54, 1.807) is 6.20 Å². The van der Waals surface area contributed by atoms with E-state index in [2.05, 4.69) is 52.6 Å². The summed E-state index contributed by atoms with van der Waals surface area (Å²) in [6, 6.07) is 12.3. The van der Waals surface area contributed by atoms with Crippen LogP contribution in [0.3, 0.4) is 0 Å². The first-order chi connectivity index (χ1) is 10.1. The Hall–Kier alpha value is -1.87. The van der Waals surface area contributed by atoms with Gasteiger partial charge in [0.05, 0.1) is 5.38 Å². The lowest BCUT2D eigenvalue weighted by atomic mass is 10.0. The molecule has 0 bridgehead atoms. The monoisotopic (exact) mass is 299 g/mol. The Kier molecular flexibility index (Phi) is 3.68. The SMILES string of the molecule is CC(C)c1cccc(-n2c(C(C)Cl)nc3cccnc32)c1. The van der Waals surface area contributed by atoms with E-state index in [9.17, 15) is 0 Å². The van der Waals surface area contributed by atoms with Crippen molar-refractivity contribution in [2.24, 2.45) is 0 Å². The molecule has 0 saturated carbocycles. The number of benzene rings is 1. The molecule has 1 aromatic carbocycles. The van der Waals surface area contributed by atoms with Crippen LogP contribution < -0.4 is 0 Å². The number of halogens is 1. The Morgan fingerprint density at radius 3 is 2.62 bits per heavy atom. The Morgan fingerprint density at radius 1 is 1.10 bits per heavy atom. The van der Waals surface area contributed by atoms with Crippen LogP contribution in [0.25, 0.3) is 16.9 Å². The molecule has 1 unspecified atom stereocenters. The molecular formula is C17H18ClN3. The maximum absolute atomic E-state index is 6.32. The van der Waals surface area contributed by atoms with E-state index in [1.807, 2.05) is 19.1 Å². The fourth-order valence-corrected chi connectivity index (χ4v) is 2.62. The van der Waals surface area contributed by atoms with E-state index in [-0.39, 0.29) is 5.38 Å². The summed E-state index contributed by atoms with van der Waals surface area (Å²) in [6.07, 6.45) is 1.79. The minimum absolute atomic E-state index is 0.179. The van der Waals surface area contributed by atoms with Crippen LogP contribution in [0.4, 0.5) is 0 Å². The first-order valence-electron chi connectivity index (χ1n) is 7.15. The molecule has 21 heavy (non-hydrogen) atoms. The number of pyridine rings is 1. The van der Waals surface area contributed by atoms with Crippen molar-refractivity contribution in [1.82, 2.24) is 14.5 Å². The van der Waals surface area contributed by atoms with Gasteiger partial charge in [0.15, 0.2) is 5.65 Å². The maximum Gasteiger partial charge on any atom is 0.164 e. The number of hydrogen-bond donors (Lipinski definition) is 0. The molecule has 3 nitrogen and oxygen atoms in total. The van der Waals surface area contributed by atoms with E-state index < -0.39 is 0 Å². The summed E-state index contributed by atoms with van der Waals surface area (Å²) >= 11 is 6.32. The van der Waals surface area contributed by atoms with Crippen LogP contribution in [0.2, 0.25) is 0 Å². The Morgan fingerprint density at radius 2 is 1.90 bits per heavy atom. The molecule has 3 aromatic rings. The molecule has 3 rings (SSSR count). The van der Waals surface area contributed by atoms with Gasteiger partial charge in [-0.05, 0) is 42.7 Å². The summed E-state index contributed by atoms with van der Waals surface area (Å²) in [6.45, 7) is 6.31. The molecule has 0 amide bonds. The molecule has 0 fully saturated rings. The van der Waals surface area contributed by atoms with Gasteiger partial charge >= 0.3 is 0 Å². The number of nitrogens with zero attached hydrogens (tertiary/aromatic N) is 3. The summed E-state index contributed by atoms with van der Waals surface area (Å²) in [5, 5.41) is -0.179. The third-order valence-electron chi connectivity index (χ3n) is 3.59. The number of fused-ring (bicyclic) bond motifs is 1. The van der Waals surface area contributed by atoms with Gasteiger partial charge in [-0.1, -0.05) is 26.0 Å². The molecule has 0 N–H and O–H groups in total. The second kappa shape index (κ2) is 5.49. The van der Waals surface area contributed by atoms with Crippen LogP contribution in [0, 0.1) is 0 Å². The zero-order valence-corrected chi connectivity index (χ0v) is 13.2. The number of rotatable bonds is 3. The molecule has 0 aliphatic rings. The van der Waals surface area contributed by atoms with Crippen molar-refractivity contribution in [3.8, 4) is 5.69 Å². The van der Waals surface area contributed by atoms with Gasteiger partial charge in [-0.3, -0.25) is 4.57 Å². The van der Waals surface area contributed by atoms with E-state index in [4.69, 9.17) is 11.6 Å². The summed E-state index contributed by atoms with van der Waals surface area (Å²) in [5.74, 6) is 1.30. The van der Waals surface area contributed by atoms with Crippen molar-refractivity contribution in [3.63, 3.8) is 0 Å². The van der Waals surface area contributed by atoms with Crippen LogP contribution in [-0.2, 0) is 0 Å². The predicted molar refractivity (Wildman–Crippen MR) is 87.2 cm³/mol. The second-order valence-corrected chi connectivity index (χ2v) is 6.17. The zero-order chi connectivity index (χ0) is 15.0. The third-order valence-corrected chi connectivity index (χ3v) is 3.79. The quantitative estimate of drug-likeness (QED) is 0.648. The highest BCUT2D eigenvalue weighted by molar-refractivity contribution is 6.20. The lowest BCUT2D eigenvalue weighted by Gasteiger charge is -2.12. The number of aromatic nitrogens is 3. The van der Waals surface area contributed by atoms with Gasteiger partial charge in [0.25, 0.3) is 0 Å². The second-order valence-electron chi connectivity index (χ2n) is 5.52. The molecule has 0 aliphatic carbocycles. The first kappa shape index (κ1) is 14.1. The molecule has 4 heteroatoms. The summed E-state index contributed by atoms with van der Waals surface area (Å²) in [7, 11) is 0. The minimum atomic E-state index is -0.179. The summed E-state index contributed by atoms with van der Waals surface area (Å²) in [4.78, 5) is 9.11. The highest BCUT2D eigenvalue weighted by atomic mass is 35.5.